The zero-order valence-electron chi connectivity index (χ0n) is 8.10. The van der Waals surface area contributed by atoms with Crippen molar-refractivity contribution in [2.45, 2.75) is 13.0 Å². The van der Waals surface area contributed by atoms with E-state index in [9.17, 15) is 10.2 Å². The van der Waals surface area contributed by atoms with Crippen LogP contribution in [0.1, 0.15) is 18.6 Å². The van der Waals surface area contributed by atoms with E-state index in [-0.39, 0.29) is 12.3 Å². The molecule has 0 aliphatic carbocycles. The maximum absolute atomic E-state index is 9.55. The van der Waals surface area contributed by atoms with Gasteiger partial charge in [0.1, 0.15) is 11.5 Å². The van der Waals surface area contributed by atoms with Gasteiger partial charge in [-0.25, -0.2) is 0 Å². The summed E-state index contributed by atoms with van der Waals surface area (Å²) >= 11 is 0. The molecule has 0 fully saturated rings. The Morgan fingerprint density at radius 3 is 2.79 bits per heavy atom. The van der Waals surface area contributed by atoms with Crippen molar-refractivity contribution in [2.75, 3.05) is 13.2 Å². The predicted octanol–water partition coefficient (Wildman–Crippen LogP) is 0.783. The number of nitrogens with two attached hydrogens (primary N) is 1. The third-order valence-electron chi connectivity index (χ3n) is 1.88. The Bertz CT molecular complexity index is 301. The standard InChI is InChI=1S/C10H15NO3/c1-2-14-10-4-3-7(12)5-8(10)9(13)6-11/h3-5,9,12-13H,2,6,11H2,1H3. The number of aliphatic hydroxyl groups is 1. The van der Waals surface area contributed by atoms with Crippen LogP contribution in [0.4, 0.5) is 0 Å². The third kappa shape index (κ3) is 2.37. The van der Waals surface area contributed by atoms with Crippen molar-refractivity contribution in [3.8, 4) is 11.5 Å². The van der Waals surface area contributed by atoms with Gasteiger partial charge in [0.25, 0.3) is 0 Å². The summed E-state index contributed by atoms with van der Waals surface area (Å²) in [4.78, 5) is 0. The zero-order valence-corrected chi connectivity index (χ0v) is 8.10. The van der Waals surface area contributed by atoms with Crippen LogP contribution in [0, 0.1) is 0 Å². The summed E-state index contributed by atoms with van der Waals surface area (Å²) in [5.41, 5.74) is 5.85. The molecule has 4 nitrogen and oxygen atoms in total. The second-order valence-electron chi connectivity index (χ2n) is 2.91. The molecule has 1 unspecified atom stereocenters. The molecule has 0 aliphatic heterocycles. The monoisotopic (exact) mass is 197 g/mol. The maximum atomic E-state index is 9.55. The molecule has 4 N–H and O–H groups in total. The number of rotatable bonds is 4. The molecule has 1 atom stereocenters. The number of hydrogen-bond donors (Lipinski definition) is 3. The van der Waals surface area contributed by atoms with E-state index in [0.717, 1.165) is 0 Å². The highest BCUT2D eigenvalue weighted by molar-refractivity contribution is 5.41. The largest absolute Gasteiger partial charge is 0.508 e. The van der Waals surface area contributed by atoms with Crippen molar-refractivity contribution >= 4 is 0 Å². The fourth-order valence-corrected chi connectivity index (χ4v) is 1.21. The van der Waals surface area contributed by atoms with Crippen molar-refractivity contribution < 1.29 is 14.9 Å². The molecule has 0 saturated carbocycles. The molecule has 4 heteroatoms. The lowest BCUT2D eigenvalue weighted by Crippen LogP contribution is -2.12. The lowest BCUT2D eigenvalue weighted by molar-refractivity contribution is 0.180. The zero-order chi connectivity index (χ0) is 10.6. The molecule has 0 spiro atoms. The summed E-state index contributed by atoms with van der Waals surface area (Å²) in [7, 11) is 0. The number of aromatic hydroxyl groups is 1. The Kier molecular flexibility index (Phi) is 3.73. The molecule has 14 heavy (non-hydrogen) atoms. The molecule has 0 aromatic heterocycles. The van der Waals surface area contributed by atoms with Crippen molar-refractivity contribution in [3.05, 3.63) is 23.8 Å². The summed E-state index contributed by atoms with van der Waals surface area (Å²) in [5.74, 6) is 0.652. The van der Waals surface area contributed by atoms with Crippen LogP contribution in [0.5, 0.6) is 11.5 Å². The Morgan fingerprint density at radius 2 is 2.21 bits per heavy atom. The quantitative estimate of drug-likeness (QED) is 0.666. The third-order valence-corrected chi connectivity index (χ3v) is 1.88. The van der Waals surface area contributed by atoms with E-state index < -0.39 is 6.10 Å². The fraction of sp³-hybridized carbons (Fsp3) is 0.400. The van der Waals surface area contributed by atoms with Crippen LogP contribution in [0.25, 0.3) is 0 Å². The molecular weight excluding hydrogens is 182 g/mol. The second kappa shape index (κ2) is 4.83. The number of hydrogen-bond acceptors (Lipinski definition) is 4. The lowest BCUT2D eigenvalue weighted by Gasteiger charge is -2.14. The highest BCUT2D eigenvalue weighted by Gasteiger charge is 2.12. The molecule has 0 aliphatic rings. The lowest BCUT2D eigenvalue weighted by atomic mass is 10.1. The van der Waals surface area contributed by atoms with Crippen molar-refractivity contribution in [1.29, 1.82) is 0 Å². The molecule has 1 aromatic carbocycles. The van der Waals surface area contributed by atoms with Crippen molar-refractivity contribution in [3.63, 3.8) is 0 Å². The van der Waals surface area contributed by atoms with Crippen LogP contribution in [0.15, 0.2) is 18.2 Å². The molecule has 0 amide bonds. The first-order chi connectivity index (χ1) is 6.69. The average molecular weight is 197 g/mol. The van der Waals surface area contributed by atoms with E-state index in [2.05, 4.69) is 0 Å². The smallest absolute Gasteiger partial charge is 0.125 e. The van der Waals surface area contributed by atoms with E-state index in [4.69, 9.17) is 10.5 Å². The van der Waals surface area contributed by atoms with Gasteiger partial charge in [0.15, 0.2) is 0 Å². The minimum absolute atomic E-state index is 0.0935. The van der Waals surface area contributed by atoms with Gasteiger partial charge >= 0.3 is 0 Å². The number of ether oxygens (including phenoxy) is 1. The molecule has 78 valence electrons. The highest BCUT2D eigenvalue weighted by Crippen LogP contribution is 2.28. The van der Waals surface area contributed by atoms with Crippen LogP contribution >= 0.6 is 0 Å². The van der Waals surface area contributed by atoms with Crippen LogP contribution in [-0.4, -0.2) is 23.4 Å². The molecule has 1 rings (SSSR count). The number of aliphatic hydroxyl groups excluding tert-OH is 1. The van der Waals surface area contributed by atoms with Gasteiger partial charge in [-0.1, -0.05) is 0 Å². The minimum Gasteiger partial charge on any atom is -0.508 e. The second-order valence-corrected chi connectivity index (χ2v) is 2.91. The SMILES string of the molecule is CCOc1ccc(O)cc1C(O)CN. The maximum Gasteiger partial charge on any atom is 0.125 e. The number of benzene rings is 1. The first-order valence-corrected chi connectivity index (χ1v) is 4.52. The molecular formula is C10H15NO3. The van der Waals surface area contributed by atoms with Gasteiger partial charge in [-0.05, 0) is 25.1 Å². The van der Waals surface area contributed by atoms with Gasteiger partial charge in [0.05, 0.1) is 12.7 Å². The van der Waals surface area contributed by atoms with Crippen LogP contribution in [0.2, 0.25) is 0 Å². The van der Waals surface area contributed by atoms with Crippen LogP contribution in [0.3, 0.4) is 0 Å². The highest BCUT2D eigenvalue weighted by atomic mass is 16.5. The van der Waals surface area contributed by atoms with E-state index in [0.29, 0.717) is 17.9 Å². The first-order valence-electron chi connectivity index (χ1n) is 4.52. The molecule has 0 radical (unpaired) electrons. The summed E-state index contributed by atoms with van der Waals surface area (Å²) in [6, 6.07) is 4.59. The Morgan fingerprint density at radius 1 is 1.50 bits per heavy atom. The van der Waals surface area contributed by atoms with Gasteiger partial charge in [-0.2, -0.15) is 0 Å². The Labute approximate surface area is 82.9 Å². The van der Waals surface area contributed by atoms with Gasteiger partial charge in [-0.15, -0.1) is 0 Å². The van der Waals surface area contributed by atoms with Gasteiger partial charge in [-0.3, -0.25) is 0 Å². The number of phenols is 1. The Balaban J connectivity index is 3.02. The molecule has 0 heterocycles. The van der Waals surface area contributed by atoms with E-state index in [1.54, 1.807) is 6.07 Å². The summed E-state index contributed by atoms with van der Waals surface area (Å²) in [5, 5.41) is 18.8. The summed E-state index contributed by atoms with van der Waals surface area (Å²) < 4.78 is 5.29. The van der Waals surface area contributed by atoms with Crippen LogP contribution in [-0.2, 0) is 0 Å². The normalized spacial score (nSPS) is 12.5. The van der Waals surface area contributed by atoms with Gasteiger partial charge in [0, 0.05) is 12.1 Å². The fourth-order valence-electron chi connectivity index (χ4n) is 1.21. The van der Waals surface area contributed by atoms with Gasteiger partial charge < -0.3 is 20.7 Å². The number of phenolic OH excluding ortho intramolecular Hbond substituents is 1. The van der Waals surface area contributed by atoms with E-state index >= 15 is 0 Å². The summed E-state index contributed by atoms with van der Waals surface area (Å²) in [6.45, 7) is 2.46. The van der Waals surface area contributed by atoms with Crippen LogP contribution < -0.4 is 10.5 Å². The molecule has 0 bridgehead atoms. The van der Waals surface area contributed by atoms with Crippen molar-refractivity contribution in [2.24, 2.45) is 5.73 Å². The topological polar surface area (TPSA) is 75.7 Å². The van der Waals surface area contributed by atoms with E-state index in [1.807, 2.05) is 6.92 Å². The van der Waals surface area contributed by atoms with Crippen molar-refractivity contribution in [1.82, 2.24) is 0 Å². The van der Waals surface area contributed by atoms with E-state index in [1.165, 1.54) is 12.1 Å². The van der Waals surface area contributed by atoms with Gasteiger partial charge in [0.2, 0.25) is 0 Å². The average Bonchev–Trinajstić information content (AvgIpc) is 2.20. The predicted molar refractivity (Wildman–Crippen MR) is 53.3 cm³/mol. The molecule has 1 aromatic rings. The Hall–Kier alpha value is -1.26. The summed E-state index contributed by atoms with van der Waals surface area (Å²) in [6.07, 6.45) is -0.802. The first kappa shape index (κ1) is 10.8. The molecule has 0 saturated heterocycles. The minimum atomic E-state index is -0.802.